The number of aliphatic hydroxyl groups is 1. The Morgan fingerprint density at radius 2 is 1.69 bits per heavy atom. The van der Waals surface area contributed by atoms with Gasteiger partial charge in [0, 0.05) is 12.6 Å². The molecule has 1 atom stereocenters. The maximum absolute atomic E-state index is 10.1. The van der Waals surface area contributed by atoms with Crippen LogP contribution in [0.1, 0.15) is 41.5 Å². The van der Waals surface area contributed by atoms with Crippen molar-refractivity contribution in [2.45, 2.75) is 53.2 Å². The lowest BCUT2D eigenvalue weighted by molar-refractivity contribution is -0.0246. The van der Waals surface area contributed by atoms with Crippen LogP contribution in [0.25, 0.3) is 0 Å². The molecular formula is C11H25NO. The molecule has 2 nitrogen and oxygen atoms in total. The van der Waals surface area contributed by atoms with E-state index in [2.05, 4.69) is 39.5 Å². The fraction of sp³-hybridized carbons (Fsp3) is 1.00. The predicted octanol–water partition coefficient (Wildman–Crippen LogP) is 2.12. The molecule has 1 unspecified atom stereocenters. The fourth-order valence-corrected chi connectivity index (χ4v) is 1.25. The first-order valence-corrected chi connectivity index (χ1v) is 5.27. The van der Waals surface area contributed by atoms with Crippen molar-refractivity contribution >= 4 is 0 Å². The molecule has 80 valence electrons. The van der Waals surface area contributed by atoms with E-state index in [1.54, 1.807) is 0 Å². The van der Waals surface area contributed by atoms with Crippen LogP contribution in [-0.2, 0) is 0 Å². The summed E-state index contributed by atoms with van der Waals surface area (Å²) in [6.45, 7) is 14.3. The standard InChI is InChI=1S/C11H25NO/c1-7-12(10(4)5)8-11(6,13)9(2)3/h9-10,13H,7-8H2,1-6H3. The van der Waals surface area contributed by atoms with Crippen molar-refractivity contribution < 1.29 is 5.11 Å². The summed E-state index contributed by atoms with van der Waals surface area (Å²) in [5, 5.41) is 10.1. The second-order valence-corrected chi connectivity index (χ2v) is 4.67. The average molecular weight is 187 g/mol. The van der Waals surface area contributed by atoms with E-state index in [-0.39, 0.29) is 0 Å². The minimum atomic E-state index is -0.569. The summed E-state index contributed by atoms with van der Waals surface area (Å²) in [4.78, 5) is 2.29. The van der Waals surface area contributed by atoms with Crippen LogP contribution in [0.5, 0.6) is 0 Å². The molecule has 0 aliphatic rings. The first kappa shape index (κ1) is 12.9. The van der Waals surface area contributed by atoms with Crippen LogP contribution in [0.2, 0.25) is 0 Å². The van der Waals surface area contributed by atoms with Crippen LogP contribution in [0.3, 0.4) is 0 Å². The van der Waals surface area contributed by atoms with Gasteiger partial charge < -0.3 is 5.11 Å². The summed E-state index contributed by atoms with van der Waals surface area (Å²) >= 11 is 0. The van der Waals surface area contributed by atoms with Gasteiger partial charge in [-0.1, -0.05) is 20.8 Å². The van der Waals surface area contributed by atoms with Crippen LogP contribution >= 0.6 is 0 Å². The van der Waals surface area contributed by atoms with E-state index in [4.69, 9.17) is 0 Å². The maximum Gasteiger partial charge on any atom is 0.0768 e. The van der Waals surface area contributed by atoms with Gasteiger partial charge in [0.2, 0.25) is 0 Å². The minimum absolute atomic E-state index is 0.306. The molecule has 0 aliphatic heterocycles. The zero-order chi connectivity index (χ0) is 10.6. The van der Waals surface area contributed by atoms with Gasteiger partial charge in [-0.3, -0.25) is 4.90 Å². The van der Waals surface area contributed by atoms with Gasteiger partial charge in [0.1, 0.15) is 0 Å². The lowest BCUT2D eigenvalue weighted by Gasteiger charge is -2.35. The van der Waals surface area contributed by atoms with Crippen molar-refractivity contribution in [2.24, 2.45) is 5.92 Å². The van der Waals surface area contributed by atoms with Crippen LogP contribution in [0.15, 0.2) is 0 Å². The van der Waals surface area contributed by atoms with E-state index in [9.17, 15) is 5.11 Å². The SMILES string of the molecule is CCN(CC(C)(O)C(C)C)C(C)C. The molecule has 0 heterocycles. The van der Waals surface area contributed by atoms with Crippen LogP contribution in [-0.4, -0.2) is 34.7 Å². The average Bonchev–Trinajstić information content (AvgIpc) is 1.99. The van der Waals surface area contributed by atoms with Gasteiger partial charge in [-0.15, -0.1) is 0 Å². The molecular weight excluding hydrogens is 162 g/mol. The van der Waals surface area contributed by atoms with Crippen molar-refractivity contribution in [1.29, 1.82) is 0 Å². The molecule has 0 fully saturated rings. The normalized spacial score (nSPS) is 17.1. The van der Waals surface area contributed by atoms with E-state index in [1.165, 1.54) is 0 Å². The lowest BCUT2D eigenvalue weighted by Crippen LogP contribution is -2.46. The molecule has 0 saturated heterocycles. The first-order chi connectivity index (χ1) is 5.81. The number of nitrogens with zero attached hydrogens (tertiary/aromatic N) is 1. The highest BCUT2D eigenvalue weighted by Crippen LogP contribution is 2.18. The molecule has 0 aliphatic carbocycles. The molecule has 0 rings (SSSR count). The minimum Gasteiger partial charge on any atom is -0.389 e. The third-order valence-electron chi connectivity index (χ3n) is 2.90. The largest absolute Gasteiger partial charge is 0.389 e. The third-order valence-corrected chi connectivity index (χ3v) is 2.90. The van der Waals surface area contributed by atoms with Gasteiger partial charge in [0.15, 0.2) is 0 Å². The maximum atomic E-state index is 10.1. The zero-order valence-corrected chi connectivity index (χ0v) is 9.96. The first-order valence-electron chi connectivity index (χ1n) is 5.27. The predicted molar refractivity (Wildman–Crippen MR) is 57.8 cm³/mol. The quantitative estimate of drug-likeness (QED) is 0.712. The van der Waals surface area contributed by atoms with E-state index in [1.807, 2.05) is 6.92 Å². The molecule has 0 aromatic heterocycles. The van der Waals surface area contributed by atoms with Crippen LogP contribution in [0, 0.1) is 5.92 Å². The van der Waals surface area contributed by atoms with E-state index in [0.717, 1.165) is 13.1 Å². The van der Waals surface area contributed by atoms with Gasteiger partial charge >= 0.3 is 0 Å². The highest BCUT2D eigenvalue weighted by atomic mass is 16.3. The Bertz CT molecular complexity index is 141. The monoisotopic (exact) mass is 187 g/mol. The fourth-order valence-electron chi connectivity index (χ4n) is 1.25. The zero-order valence-electron chi connectivity index (χ0n) is 9.96. The molecule has 13 heavy (non-hydrogen) atoms. The van der Waals surface area contributed by atoms with E-state index in [0.29, 0.717) is 12.0 Å². The number of hydrogen-bond acceptors (Lipinski definition) is 2. The lowest BCUT2D eigenvalue weighted by atomic mass is 9.91. The van der Waals surface area contributed by atoms with Crippen LogP contribution in [0.4, 0.5) is 0 Å². The Hall–Kier alpha value is -0.0800. The Kier molecular flexibility index (Phi) is 4.93. The van der Waals surface area contributed by atoms with Gasteiger partial charge in [-0.05, 0) is 33.2 Å². The number of hydrogen-bond donors (Lipinski definition) is 1. The second kappa shape index (κ2) is 4.97. The van der Waals surface area contributed by atoms with Crippen molar-refractivity contribution in [2.75, 3.05) is 13.1 Å². The summed E-state index contributed by atoms with van der Waals surface area (Å²) < 4.78 is 0. The molecule has 0 aromatic rings. The summed E-state index contributed by atoms with van der Waals surface area (Å²) in [6, 6.07) is 0.509. The van der Waals surface area contributed by atoms with E-state index >= 15 is 0 Å². The van der Waals surface area contributed by atoms with Crippen molar-refractivity contribution in [1.82, 2.24) is 4.90 Å². The summed E-state index contributed by atoms with van der Waals surface area (Å²) in [6.07, 6.45) is 0. The van der Waals surface area contributed by atoms with Gasteiger partial charge in [0.05, 0.1) is 5.60 Å². The second-order valence-electron chi connectivity index (χ2n) is 4.67. The van der Waals surface area contributed by atoms with Gasteiger partial charge in [-0.25, -0.2) is 0 Å². The Labute approximate surface area is 82.9 Å². The van der Waals surface area contributed by atoms with Gasteiger partial charge in [-0.2, -0.15) is 0 Å². The smallest absolute Gasteiger partial charge is 0.0768 e. The summed E-state index contributed by atoms with van der Waals surface area (Å²) in [5.41, 5.74) is -0.569. The number of rotatable bonds is 5. The van der Waals surface area contributed by atoms with Crippen molar-refractivity contribution in [3.63, 3.8) is 0 Å². The Morgan fingerprint density at radius 1 is 1.23 bits per heavy atom. The summed E-state index contributed by atoms with van der Waals surface area (Å²) in [7, 11) is 0. The molecule has 0 radical (unpaired) electrons. The third kappa shape index (κ3) is 4.10. The number of likely N-dealkylation sites (N-methyl/N-ethyl adjacent to an activating group) is 1. The highest BCUT2D eigenvalue weighted by Gasteiger charge is 2.27. The Balaban J connectivity index is 4.22. The molecule has 0 spiro atoms. The van der Waals surface area contributed by atoms with Crippen molar-refractivity contribution in [3.05, 3.63) is 0 Å². The molecule has 2 heteroatoms. The highest BCUT2D eigenvalue weighted by molar-refractivity contribution is 4.81. The van der Waals surface area contributed by atoms with Crippen LogP contribution < -0.4 is 0 Å². The van der Waals surface area contributed by atoms with E-state index < -0.39 is 5.60 Å². The molecule has 0 aromatic carbocycles. The van der Waals surface area contributed by atoms with Crippen molar-refractivity contribution in [3.8, 4) is 0 Å². The topological polar surface area (TPSA) is 23.5 Å². The molecule has 1 N–H and O–H groups in total. The summed E-state index contributed by atoms with van der Waals surface area (Å²) in [5.74, 6) is 0.306. The molecule has 0 bridgehead atoms. The van der Waals surface area contributed by atoms with Gasteiger partial charge in [0.25, 0.3) is 0 Å². The molecule has 0 saturated carbocycles. The molecule has 0 amide bonds. The Morgan fingerprint density at radius 3 is 1.92 bits per heavy atom.